The molecule has 1 aromatic carbocycles. The molecule has 0 saturated carbocycles. The summed E-state index contributed by atoms with van der Waals surface area (Å²) in [5.41, 5.74) is 2.37. The number of rotatable bonds is 3. The van der Waals surface area contributed by atoms with Gasteiger partial charge in [-0.15, -0.1) is 0 Å². The summed E-state index contributed by atoms with van der Waals surface area (Å²) in [6.07, 6.45) is 3.56. The van der Waals surface area contributed by atoms with Crippen LogP contribution in [0.15, 0.2) is 30.5 Å². The van der Waals surface area contributed by atoms with E-state index in [4.69, 9.17) is 0 Å². The first kappa shape index (κ1) is 9.00. The van der Waals surface area contributed by atoms with Crippen molar-refractivity contribution in [2.45, 2.75) is 19.3 Å². The van der Waals surface area contributed by atoms with Gasteiger partial charge in [-0.25, -0.2) is 0 Å². The van der Waals surface area contributed by atoms with Gasteiger partial charge in [0.1, 0.15) is 6.29 Å². The van der Waals surface area contributed by atoms with Gasteiger partial charge in [0, 0.05) is 23.5 Å². The number of para-hydroxylation sites is 1. The van der Waals surface area contributed by atoms with Crippen molar-refractivity contribution >= 4 is 17.2 Å². The van der Waals surface area contributed by atoms with Crippen LogP contribution in [0.4, 0.5) is 0 Å². The molecular weight excluding hydrogens is 174 g/mol. The summed E-state index contributed by atoms with van der Waals surface area (Å²) in [4.78, 5) is 13.6. The summed E-state index contributed by atoms with van der Waals surface area (Å²) in [6.45, 7) is 2.07. The van der Waals surface area contributed by atoms with Gasteiger partial charge in [0.05, 0.1) is 0 Å². The quantitative estimate of drug-likeness (QED) is 0.736. The number of hydrogen-bond acceptors (Lipinski definition) is 1. The van der Waals surface area contributed by atoms with Crippen LogP contribution in [0.2, 0.25) is 0 Å². The highest BCUT2D eigenvalue weighted by Crippen LogP contribution is 2.26. The van der Waals surface area contributed by atoms with E-state index >= 15 is 0 Å². The molecule has 0 saturated heterocycles. The molecule has 1 aromatic heterocycles. The van der Waals surface area contributed by atoms with E-state index in [1.54, 1.807) is 0 Å². The standard InChI is InChI=1S/C12H13NO/c1-9(6-7-14)11-8-13-12-5-3-2-4-10(11)12/h2-5,7-9,13H,6H2,1H3. The van der Waals surface area contributed by atoms with E-state index in [-0.39, 0.29) is 0 Å². The summed E-state index contributed by atoms with van der Waals surface area (Å²) < 4.78 is 0. The number of aromatic amines is 1. The van der Waals surface area contributed by atoms with Gasteiger partial charge in [-0.1, -0.05) is 25.1 Å². The van der Waals surface area contributed by atoms with Crippen LogP contribution in [0.25, 0.3) is 10.9 Å². The lowest BCUT2D eigenvalue weighted by molar-refractivity contribution is -0.108. The van der Waals surface area contributed by atoms with Crippen molar-refractivity contribution in [3.05, 3.63) is 36.0 Å². The van der Waals surface area contributed by atoms with Gasteiger partial charge in [0.2, 0.25) is 0 Å². The molecule has 0 fully saturated rings. The molecular formula is C12H13NO. The third kappa shape index (κ3) is 1.43. The summed E-state index contributed by atoms with van der Waals surface area (Å²) in [7, 11) is 0. The Morgan fingerprint density at radius 1 is 1.43 bits per heavy atom. The minimum absolute atomic E-state index is 0.295. The molecule has 0 radical (unpaired) electrons. The first-order chi connectivity index (χ1) is 6.83. The summed E-state index contributed by atoms with van der Waals surface area (Å²) in [6, 6.07) is 8.16. The van der Waals surface area contributed by atoms with Gasteiger partial charge >= 0.3 is 0 Å². The first-order valence-corrected chi connectivity index (χ1v) is 4.82. The monoisotopic (exact) mass is 187 g/mol. The maximum absolute atomic E-state index is 10.4. The largest absolute Gasteiger partial charge is 0.361 e. The zero-order chi connectivity index (χ0) is 9.97. The molecule has 0 bridgehead atoms. The van der Waals surface area contributed by atoms with E-state index in [0.717, 1.165) is 11.8 Å². The van der Waals surface area contributed by atoms with E-state index in [1.165, 1.54) is 10.9 Å². The van der Waals surface area contributed by atoms with E-state index in [1.807, 2.05) is 24.4 Å². The first-order valence-electron chi connectivity index (χ1n) is 4.82. The fourth-order valence-electron chi connectivity index (χ4n) is 1.77. The van der Waals surface area contributed by atoms with Crippen LogP contribution in [0.3, 0.4) is 0 Å². The second-order valence-electron chi connectivity index (χ2n) is 3.59. The molecule has 72 valence electrons. The Hall–Kier alpha value is -1.57. The second kappa shape index (κ2) is 3.66. The van der Waals surface area contributed by atoms with E-state index in [2.05, 4.69) is 18.0 Å². The maximum Gasteiger partial charge on any atom is 0.120 e. The molecule has 2 rings (SSSR count). The molecule has 1 N–H and O–H groups in total. The van der Waals surface area contributed by atoms with Gasteiger partial charge in [-0.05, 0) is 17.5 Å². The van der Waals surface area contributed by atoms with Crippen LogP contribution < -0.4 is 0 Å². The molecule has 2 heteroatoms. The molecule has 2 aromatic rings. The van der Waals surface area contributed by atoms with Crippen molar-refractivity contribution in [2.75, 3.05) is 0 Å². The highest BCUT2D eigenvalue weighted by molar-refractivity contribution is 5.83. The Bertz CT molecular complexity index is 444. The minimum atomic E-state index is 0.295. The van der Waals surface area contributed by atoms with Crippen LogP contribution in [-0.4, -0.2) is 11.3 Å². The van der Waals surface area contributed by atoms with Gasteiger partial charge in [0.15, 0.2) is 0 Å². The number of aldehydes is 1. The van der Waals surface area contributed by atoms with Gasteiger partial charge in [0.25, 0.3) is 0 Å². The molecule has 1 atom stereocenters. The Morgan fingerprint density at radius 2 is 2.21 bits per heavy atom. The number of benzene rings is 1. The van der Waals surface area contributed by atoms with Crippen LogP contribution in [0.1, 0.15) is 24.8 Å². The summed E-state index contributed by atoms with van der Waals surface area (Å²) in [5.74, 6) is 0.295. The lowest BCUT2D eigenvalue weighted by atomic mass is 9.98. The predicted octanol–water partition coefficient (Wildman–Crippen LogP) is 2.86. The van der Waals surface area contributed by atoms with Crippen LogP contribution in [-0.2, 0) is 4.79 Å². The van der Waals surface area contributed by atoms with Crippen molar-refractivity contribution in [1.82, 2.24) is 4.98 Å². The zero-order valence-corrected chi connectivity index (χ0v) is 8.16. The number of carbonyl (C=O) groups is 1. The van der Waals surface area contributed by atoms with Crippen LogP contribution in [0.5, 0.6) is 0 Å². The SMILES string of the molecule is CC(CC=O)c1c[nH]c2ccccc12. The molecule has 0 aliphatic rings. The predicted molar refractivity (Wildman–Crippen MR) is 57.4 cm³/mol. The molecule has 14 heavy (non-hydrogen) atoms. The Kier molecular flexibility index (Phi) is 2.35. The summed E-state index contributed by atoms with van der Waals surface area (Å²) >= 11 is 0. The number of nitrogens with one attached hydrogen (secondary N) is 1. The van der Waals surface area contributed by atoms with Crippen molar-refractivity contribution in [3.8, 4) is 0 Å². The minimum Gasteiger partial charge on any atom is -0.361 e. The van der Waals surface area contributed by atoms with E-state index < -0.39 is 0 Å². The Balaban J connectivity index is 2.47. The number of aromatic nitrogens is 1. The molecule has 2 nitrogen and oxygen atoms in total. The van der Waals surface area contributed by atoms with Gasteiger partial charge in [-0.3, -0.25) is 0 Å². The van der Waals surface area contributed by atoms with Crippen LogP contribution >= 0.6 is 0 Å². The highest BCUT2D eigenvalue weighted by Gasteiger charge is 2.09. The zero-order valence-electron chi connectivity index (χ0n) is 8.16. The van der Waals surface area contributed by atoms with E-state index in [0.29, 0.717) is 12.3 Å². The molecule has 1 heterocycles. The average molecular weight is 187 g/mol. The van der Waals surface area contributed by atoms with Gasteiger partial charge < -0.3 is 9.78 Å². The number of fused-ring (bicyclic) bond motifs is 1. The van der Waals surface area contributed by atoms with E-state index in [9.17, 15) is 4.79 Å². The fraction of sp³-hybridized carbons (Fsp3) is 0.250. The van der Waals surface area contributed by atoms with Crippen molar-refractivity contribution in [2.24, 2.45) is 0 Å². The number of carbonyl (C=O) groups excluding carboxylic acids is 1. The highest BCUT2D eigenvalue weighted by atomic mass is 16.1. The molecule has 0 aliphatic heterocycles. The molecule has 0 amide bonds. The third-order valence-corrected chi connectivity index (χ3v) is 2.60. The molecule has 0 spiro atoms. The van der Waals surface area contributed by atoms with Crippen molar-refractivity contribution in [3.63, 3.8) is 0 Å². The fourth-order valence-corrected chi connectivity index (χ4v) is 1.77. The molecule has 1 unspecified atom stereocenters. The lowest BCUT2D eigenvalue weighted by Crippen LogP contribution is -1.92. The third-order valence-electron chi connectivity index (χ3n) is 2.60. The van der Waals surface area contributed by atoms with Crippen molar-refractivity contribution < 1.29 is 4.79 Å². The normalized spacial score (nSPS) is 12.9. The second-order valence-corrected chi connectivity index (χ2v) is 3.59. The lowest BCUT2D eigenvalue weighted by Gasteiger charge is -2.05. The van der Waals surface area contributed by atoms with Crippen molar-refractivity contribution in [1.29, 1.82) is 0 Å². The van der Waals surface area contributed by atoms with Crippen LogP contribution in [0, 0.1) is 0 Å². The topological polar surface area (TPSA) is 32.9 Å². The Morgan fingerprint density at radius 3 is 3.00 bits per heavy atom. The number of H-pyrrole nitrogens is 1. The van der Waals surface area contributed by atoms with Gasteiger partial charge in [-0.2, -0.15) is 0 Å². The number of hydrogen-bond donors (Lipinski definition) is 1. The Labute approximate surface area is 82.9 Å². The molecule has 0 aliphatic carbocycles. The summed E-state index contributed by atoms with van der Waals surface area (Å²) in [5, 5.41) is 1.22. The average Bonchev–Trinajstić information content (AvgIpc) is 2.61. The smallest absolute Gasteiger partial charge is 0.120 e. The maximum atomic E-state index is 10.4.